The molecule has 0 bridgehead atoms. The van der Waals surface area contributed by atoms with Crippen molar-refractivity contribution in [3.63, 3.8) is 0 Å². The molecule has 7 atom stereocenters. The second kappa shape index (κ2) is 55.8. The fourth-order valence-electron chi connectivity index (χ4n) is 9.05. The summed E-state index contributed by atoms with van der Waals surface area (Å²) in [5.41, 5.74) is 0. The van der Waals surface area contributed by atoms with Crippen LogP contribution in [0.1, 0.15) is 292 Å². The summed E-state index contributed by atoms with van der Waals surface area (Å²) < 4.78 is 67.9. The van der Waals surface area contributed by atoms with Crippen LogP contribution < -0.4 is 0 Å². The van der Waals surface area contributed by atoms with Gasteiger partial charge in [0.1, 0.15) is 19.3 Å². The number of unbranched alkanes of at least 4 members (excludes halogenated alkanes) is 24. The predicted molar refractivity (Wildman–Crippen MR) is 335 cm³/mol. The van der Waals surface area contributed by atoms with E-state index in [1.165, 1.54) is 77.0 Å². The summed E-state index contributed by atoms with van der Waals surface area (Å²) in [6.07, 6.45) is 40.0. The Bertz CT molecular complexity index is 1760. The molecule has 0 aromatic rings. The highest BCUT2D eigenvalue weighted by atomic mass is 31.2. The van der Waals surface area contributed by atoms with E-state index in [9.17, 15) is 43.2 Å². The summed E-state index contributed by atoms with van der Waals surface area (Å²) in [7, 11) is -9.90. The highest BCUT2D eigenvalue weighted by Gasteiger charge is 2.30. The molecule has 17 nitrogen and oxygen atoms in total. The predicted octanol–water partition coefficient (Wildman–Crippen LogP) is 17.4. The van der Waals surface area contributed by atoms with Gasteiger partial charge >= 0.3 is 39.5 Å². The molecule has 0 amide bonds. The van der Waals surface area contributed by atoms with Crippen LogP contribution in [0, 0.1) is 17.8 Å². The van der Waals surface area contributed by atoms with Gasteiger partial charge in [-0.25, -0.2) is 9.13 Å². The topological polar surface area (TPSA) is 237 Å². The third-order valence-corrected chi connectivity index (χ3v) is 16.9. The zero-order valence-electron chi connectivity index (χ0n) is 53.8. The lowest BCUT2D eigenvalue weighted by molar-refractivity contribution is -0.161. The van der Waals surface area contributed by atoms with E-state index in [1.807, 2.05) is 0 Å². The average Bonchev–Trinajstić information content (AvgIpc) is 3.50. The van der Waals surface area contributed by atoms with Crippen molar-refractivity contribution in [3.8, 4) is 0 Å². The molecule has 0 aliphatic carbocycles. The molecular formula is C65H122O17P2. The van der Waals surface area contributed by atoms with Crippen LogP contribution in [0.4, 0.5) is 0 Å². The molecule has 19 heteroatoms. The zero-order valence-corrected chi connectivity index (χ0v) is 55.6. The molecule has 0 saturated heterocycles. The fourth-order valence-corrected chi connectivity index (χ4v) is 10.6. The van der Waals surface area contributed by atoms with E-state index in [4.69, 9.17) is 37.0 Å². The zero-order chi connectivity index (χ0) is 62.4. The Morgan fingerprint density at radius 3 is 1.06 bits per heavy atom. The van der Waals surface area contributed by atoms with Crippen LogP contribution in [0.15, 0.2) is 24.3 Å². The second-order valence-corrected chi connectivity index (χ2v) is 26.7. The minimum atomic E-state index is -4.95. The number of phosphoric ester groups is 2. The number of esters is 4. The van der Waals surface area contributed by atoms with Gasteiger partial charge in [0.25, 0.3) is 0 Å². The van der Waals surface area contributed by atoms with Gasteiger partial charge in [0.2, 0.25) is 0 Å². The molecule has 0 saturated carbocycles. The standard InChI is InChI=1S/C65H122O17P2/c1-8-11-12-13-14-15-16-17-18-19-20-21-22-34-41-48-64(69)81-60(52-76-63(68)47-40-33-27-24-30-37-44-57(6)9-2)54-79-83(71,72)77-50-59(66)51-78-84(73,74)80-55-61(53-75-62(67)46-39-32-26-23-29-36-43-56(4)5)82-65(70)49-42-35-28-25-31-38-45-58(7)10-3/h15-18,56-61,66H,8-14,19-55H2,1-7H3,(H,71,72)(H,73,74)/b16-15-,18-17-/t57?,58?,59-,60-,61-/m1/s1. The second-order valence-electron chi connectivity index (χ2n) is 23.8. The van der Waals surface area contributed by atoms with Crippen LogP contribution in [0.5, 0.6) is 0 Å². The lowest BCUT2D eigenvalue weighted by Crippen LogP contribution is -2.30. The first-order valence-electron chi connectivity index (χ1n) is 33.2. The molecular weight excluding hydrogens is 1110 g/mol. The number of aliphatic hydroxyl groups excluding tert-OH is 1. The first-order chi connectivity index (χ1) is 40.3. The summed E-state index contributed by atoms with van der Waals surface area (Å²) in [5.74, 6) is -0.0475. The molecule has 494 valence electrons. The number of hydrogen-bond donors (Lipinski definition) is 3. The van der Waals surface area contributed by atoms with Crippen molar-refractivity contribution in [2.45, 2.75) is 311 Å². The van der Waals surface area contributed by atoms with Crippen LogP contribution in [0.2, 0.25) is 0 Å². The maximum Gasteiger partial charge on any atom is 0.472 e. The molecule has 0 heterocycles. The fraction of sp³-hybridized carbons (Fsp3) is 0.877. The van der Waals surface area contributed by atoms with E-state index in [0.717, 1.165) is 127 Å². The van der Waals surface area contributed by atoms with Gasteiger partial charge in [-0.05, 0) is 69.1 Å². The Kier molecular flexibility index (Phi) is 54.2. The smallest absolute Gasteiger partial charge is 0.462 e. The first kappa shape index (κ1) is 81.5. The minimum absolute atomic E-state index is 0.0833. The van der Waals surface area contributed by atoms with Crippen LogP contribution in [-0.2, 0) is 65.4 Å². The highest BCUT2D eigenvalue weighted by molar-refractivity contribution is 7.47. The summed E-state index contributed by atoms with van der Waals surface area (Å²) in [6.45, 7) is 11.6. The molecule has 0 rings (SSSR count). The average molecular weight is 1240 g/mol. The van der Waals surface area contributed by atoms with Gasteiger partial charge in [-0.2, -0.15) is 0 Å². The molecule has 0 aromatic carbocycles. The van der Waals surface area contributed by atoms with Crippen molar-refractivity contribution < 1.29 is 80.2 Å². The van der Waals surface area contributed by atoms with E-state index < -0.39 is 97.5 Å². The van der Waals surface area contributed by atoms with Gasteiger partial charge in [0.15, 0.2) is 12.2 Å². The summed E-state index contributed by atoms with van der Waals surface area (Å²) >= 11 is 0. The molecule has 0 aliphatic heterocycles. The van der Waals surface area contributed by atoms with Crippen LogP contribution in [0.25, 0.3) is 0 Å². The SMILES string of the molecule is CCCCCC/C=C\C=C/CCCCCCCC(=O)O[C@H](COC(=O)CCCCCCCCC(C)CC)COP(=O)(O)OC[C@@H](O)COP(=O)(O)OC[C@@H](COC(=O)CCCCCCCCC(C)C)OC(=O)CCCCCCCCC(C)CC. The van der Waals surface area contributed by atoms with Gasteiger partial charge < -0.3 is 33.8 Å². The van der Waals surface area contributed by atoms with Crippen molar-refractivity contribution in [1.82, 2.24) is 0 Å². The molecule has 0 spiro atoms. The molecule has 84 heavy (non-hydrogen) atoms. The van der Waals surface area contributed by atoms with E-state index in [0.29, 0.717) is 31.6 Å². The molecule has 0 aromatic heterocycles. The lowest BCUT2D eigenvalue weighted by atomic mass is 10.00. The van der Waals surface area contributed by atoms with Crippen LogP contribution >= 0.6 is 15.6 Å². The third-order valence-electron chi connectivity index (χ3n) is 15.0. The van der Waals surface area contributed by atoms with Gasteiger partial charge in [-0.15, -0.1) is 0 Å². The van der Waals surface area contributed by atoms with Crippen molar-refractivity contribution in [1.29, 1.82) is 0 Å². The normalized spacial score (nSPS) is 15.2. The largest absolute Gasteiger partial charge is 0.472 e. The van der Waals surface area contributed by atoms with Crippen molar-refractivity contribution in [2.75, 3.05) is 39.6 Å². The van der Waals surface area contributed by atoms with Gasteiger partial charge in [-0.1, -0.05) is 240 Å². The van der Waals surface area contributed by atoms with Gasteiger partial charge in [-0.3, -0.25) is 37.3 Å². The summed E-state index contributed by atoms with van der Waals surface area (Å²) in [6, 6.07) is 0. The van der Waals surface area contributed by atoms with Crippen molar-refractivity contribution in [3.05, 3.63) is 24.3 Å². The number of carbonyl (C=O) groups is 4. The summed E-state index contributed by atoms with van der Waals surface area (Å²) in [4.78, 5) is 72.2. The van der Waals surface area contributed by atoms with Gasteiger partial charge in [0.05, 0.1) is 26.4 Å². The van der Waals surface area contributed by atoms with Crippen LogP contribution in [0.3, 0.4) is 0 Å². The van der Waals surface area contributed by atoms with Crippen molar-refractivity contribution >= 4 is 39.5 Å². The van der Waals surface area contributed by atoms with E-state index >= 15 is 0 Å². The Hall–Kier alpha value is -2.46. The van der Waals surface area contributed by atoms with Crippen LogP contribution in [-0.4, -0.2) is 96.7 Å². The quantitative estimate of drug-likeness (QED) is 0.0169. The molecule has 4 unspecified atom stereocenters. The number of hydrogen-bond acceptors (Lipinski definition) is 15. The summed E-state index contributed by atoms with van der Waals surface area (Å²) in [5, 5.41) is 10.5. The minimum Gasteiger partial charge on any atom is -0.462 e. The van der Waals surface area contributed by atoms with Crippen molar-refractivity contribution in [2.24, 2.45) is 17.8 Å². The Morgan fingerprint density at radius 1 is 0.393 bits per heavy atom. The number of aliphatic hydroxyl groups is 1. The van der Waals surface area contributed by atoms with E-state index in [2.05, 4.69) is 72.8 Å². The highest BCUT2D eigenvalue weighted by Crippen LogP contribution is 2.45. The lowest BCUT2D eigenvalue weighted by Gasteiger charge is -2.21. The number of rotatable bonds is 61. The van der Waals surface area contributed by atoms with E-state index in [1.54, 1.807) is 0 Å². The maximum atomic E-state index is 13.0. The molecule has 3 N–H and O–H groups in total. The monoisotopic (exact) mass is 1240 g/mol. The molecule has 0 radical (unpaired) electrons. The Morgan fingerprint density at radius 2 is 0.702 bits per heavy atom. The molecule has 0 fully saturated rings. The number of phosphoric acid groups is 2. The molecule has 0 aliphatic rings. The maximum absolute atomic E-state index is 13.0. The number of allylic oxidation sites excluding steroid dienone is 4. The number of ether oxygens (including phenoxy) is 4. The van der Waals surface area contributed by atoms with Gasteiger partial charge in [0, 0.05) is 25.7 Å². The Balaban J connectivity index is 5.29. The number of carbonyl (C=O) groups excluding carboxylic acids is 4. The van der Waals surface area contributed by atoms with E-state index in [-0.39, 0.29) is 25.7 Å². The Labute approximate surface area is 510 Å². The third kappa shape index (κ3) is 56.1. The first-order valence-corrected chi connectivity index (χ1v) is 36.2.